The zero-order chi connectivity index (χ0) is 22.4. The molecule has 1 fully saturated rings. The van der Waals surface area contributed by atoms with Gasteiger partial charge in [-0.2, -0.15) is 0 Å². The van der Waals surface area contributed by atoms with Crippen LogP contribution >= 0.6 is 0 Å². The van der Waals surface area contributed by atoms with Crippen LogP contribution in [0.2, 0.25) is 0 Å². The van der Waals surface area contributed by atoms with Crippen molar-refractivity contribution >= 4 is 27.5 Å². The van der Waals surface area contributed by atoms with Gasteiger partial charge in [-0.3, -0.25) is 9.52 Å². The fraction of sp³-hybridized carbons (Fsp3) is 0.364. The first-order chi connectivity index (χ1) is 14.7. The van der Waals surface area contributed by atoms with Crippen molar-refractivity contribution in [3.63, 3.8) is 0 Å². The van der Waals surface area contributed by atoms with Crippen molar-refractivity contribution in [2.45, 2.75) is 32.0 Å². The highest BCUT2D eigenvalue weighted by molar-refractivity contribution is 7.92. The molecule has 9 heteroatoms. The van der Waals surface area contributed by atoms with Gasteiger partial charge in [0.2, 0.25) is 15.8 Å². The van der Waals surface area contributed by atoms with Crippen LogP contribution in [-0.2, 0) is 19.5 Å². The maximum Gasteiger partial charge on any atom is 0.338 e. The van der Waals surface area contributed by atoms with Gasteiger partial charge in [-0.05, 0) is 68.3 Å². The summed E-state index contributed by atoms with van der Waals surface area (Å²) < 4.78 is 41.3. The molecule has 1 saturated heterocycles. The van der Waals surface area contributed by atoms with Gasteiger partial charge in [-0.15, -0.1) is 0 Å². The normalized spacial score (nSPS) is 17.0. The van der Waals surface area contributed by atoms with E-state index in [1.165, 1.54) is 31.2 Å². The average Bonchev–Trinajstić information content (AvgIpc) is 3.25. The minimum Gasteiger partial charge on any atom is -0.491 e. The Bertz CT molecular complexity index is 1010. The molecular formula is C22H25NO7S. The molecule has 0 amide bonds. The lowest BCUT2D eigenvalue weighted by Gasteiger charge is -2.14. The Kier molecular flexibility index (Phi) is 7.29. The van der Waals surface area contributed by atoms with E-state index in [9.17, 15) is 18.0 Å². The first-order valence-corrected chi connectivity index (χ1v) is 11.8. The molecule has 1 N–H and O–H groups in total. The molecular weight excluding hydrogens is 422 g/mol. The second-order valence-corrected chi connectivity index (χ2v) is 9.08. The Morgan fingerprint density at radius 2 is 1.74 bits per heavy atom. The number of Topliss-reactive ketones (excluding diaryl/α,β-unsaturated/α-hetero) is 1. The quantitative estimate of drug-likeness (QED) is 0.465. The molecule has 31 heavy (non-hydrogen) atoms. The average molecular weight is 448 g/mol. The first-order valence-electron chi connectivity index (χ1n) is 9.89. The lowest BCUT2D eigenvalue weighted by atomic mass is 10.1. The monoisotopic (exact) mass is 447 g/mol. The Hall–Kier alpha value is -2.91. The SMILES string of the molecule is C[C@H](OC(=O)c1ccc(OC[C@@H]2CCCO2)cc1)C(=O)c1ccc(NS(C)(=O)=O)cc1. The van der Waals surface area contributed by atoms with Gasteiger partial charge < -0.3 is 14.2 Å². The molecule has 1 heterocycles. The zero-order valence-corrected chi connectivity index (χ0v) is 18.2. The lowest BCUT2D eigenvalue weighted by molar-refractivity contribution is 0.0318. The van der Waals surface area contributed by atoms with Gasteiger partial charge in [0.25, 0.3) is 0 Å². The molecule has 0 unspecified atom stereocenters. The number of sulfonamides is 1. The van der Waals surface area contributed by atoms with Crippen LogP contribution < -0.4 is 9.46 Å². The molecule has 3 rings (SSSR count). The van der Waals surface area contributed by atoms with Crippen LogP contribution in [0.3, 0.4) is 0 Å². The van der Waals surface area contributed by atoms with Gasteiger partial charge >= 0.3 is 5.97 Å². The van der Waals surface area contributed by atoms with Crippen molar-refractivity contribution in [1.82, 2.24) is 0 Å². The Labute approximate surface area is 181 Å². The fourth-order valence-corrected chi connectivity index (χ4v) is 3.65. The summed E-state index contributed by atoms with van der Waals surface area (Å²) in [6, 6.07) is 12.4. The summed E-state index contributed by atoms with van der Waals surface area (Å²) in [7, 11) is -3.40. The van der Waals surface area contributed by atoms with Gasteiger partial charge in [0.1, 0.15) is 12.4 Å². The number of hydrogen-bond donors (Lipinski definition) is 1. The summed E-state index contributed by atoms with van der Waals surface area (Å²) >= 11 is 0. The number of esters is 1. The molecule has 2 atom stereocenters. The molecule has 8 nitrogen and oxygen atoms in total. The Balaban J connectivity index is 1.53. The van der Waals surface area contributed by atoms with E-state index in [2.05, 4.69) is 4.72 Å². The molecule has 2 aromatic carbocycles. The van der Waals surface area contributed by atoms with E-state index < -0.39 is 27.9 Å². The van der Waals surface area contributed by atoms with E-state index >= 15 is 0 Å². The second kappa shape index (κ2) is 9.93. The van der Waals surface area contributed by atoms with Crippen LogP contribution in [0.1, 0.15) is 40.5 Å². The Morgan fingerprint density at radius 1 is 1.10 bits per heavy atom. The molecule has 0 aromatic heterocycles. The molecule has 0 aliphatic carbocycles. The predicted molar refractivity (Wildman–Crippen MR) is 115 cm³/mol. The highest BCUT2D eigenvalue weighted by Gasteiger charge is 2.21. The highest BCUT2D eigenvalue weighted by Crippen LogP contribution is 2.18. The third-order valence-electron chi connectivity index (χ3n) is 4.68. The predicted octanol–water partition coefficient (Wildman–Crippen LogP) is 3.04. The standard InChI is InChI=1S/C22H25NO7S/c1-15(21(24)16-5-9-18(10-6-16)23-31(2,26)27)30-22(25)17-7-11-19(12-8-17)29-14-20-4-3-13-28-20/h5-12,15,20,23H,3-4,13-14H2,1-2H3/t15-,20-/m0/s1. The highest BCUT2D eigenvalue weighted by atomic mass is 32.2. The zero-order valence-electron chi connectivity index (χ0n) is 17.4. The number of hydrogen-bond acceptors (Lipinski definition) is 7. The fourth-order valence-electron chi connectivity index (χ4n) is 3.09. The van der Waals surface area contributed by atoms with Crippen LogP contribution in [-0.4, -0.2) is 51.8 Å². The van der Waals surface area contributed by atoms with E-state index in [0.717, 1.165) is 25.7 Å². The third-order valence-corrected chi connectivity index (χ3v) is 5.28. The van der Waals surface area contributed by atoms with Gasteiger partial charge in [-0.25, -0.2) is 13.2 Å². The van der Waals surface area contributed by atoms with Crippen molar-refractivity contribution in [2.75, 3.05) is 24.2 Å². The number of ketones is 1. The lowest BCUT2D eigenvalue weighted by Crippen LogP contribution is -2.24. The molecule has 2 aromatic rings. The van der Waals surface area contributed by atoms with E-state index in [1.807, 2.05) is 0 Å². The van der Waals surface area contributed by atoms with Gasteiger partial charge in [0.15, 0.2) is 6.10 Å². The number of carbonyl (C=O) groups is 2. The third kappa shape index (κ3) is 6.80. The largest absolute Gasteiger partial charge is 0.491 e. The first kappa shape index (κ1) is 22.8. The van der Waals surface area contributed by atoms with Crippen molar-refractivity contribution in [1.29, 1.82) is 0 Å². The molecule has 0 spiro atoms. The summed E-state index contributed by atoms with van der Waals surface area (Å²) in [6.45, 7) is 2.72. The van der Waals surface area contributed by atoms with Crippen molar-refractivity contribution in [3.8, 4) is 5.75 Å². The van der Waals surface area contributed by atoms with Crippen LogP contribution in [0.4, 0.5) is 5.69 Å². The summed E-state index contributed by atoms with van der Waals surface area (Å²) in [6.07, 6.45) is 2.16. The van der Waals surface area contributed by atoms with Crippen molar-refractivity contribution in [2.24, 2.45) is 0 Å². The second-order valence-electron chi connectivity index (χ2n) is 7.33. The van der Waals surface area contributed by atoms with E-state index in [4.69, 9.17) is 14.2 Å². The van der Waals surface area contributed by atoms with E-state index in [0.29, 0.717) is 29.2 Å². The van der Waals surface area contributed by atoms with Crippen LogP contribution in [0.5, 0.6) is 5.75 Å². The number of carbonyl (C=O) groups excluding carboxylic acids is 2. The smallest absolute Gasteiger partial charge is 0.338 e. The molecule has 166 valence electrons. The van der Waals surface area contributed by atoms with Crippen LogP contribution in [0.25, 0.3) is 0 Å². The topological polar surface area (TPSA) is 108 Å². The van der Waals surface area contributed by atoms with Gasteiger partial charge in [0.05, 0.1) is 17.9 Å². The van der Waals surface area contributed by atoms with E-state index in [-0.39, 0.29) is 6.10 Å². The minimum atomic E-state index is -3.40. The van der Waals surface area contributed by atoms with E-state index in [1.54, 1.807) is 24.3 Å². The number of nitrogens with one attached hydrogen (secondary N) is 1. The molecule has 0 radical (unpaired) electrons. The molecule has 0 bridgehead atoms. The number of benzene rings is 2. The summed E-state index contributed by atoms with van der Waals surface area (Å²) in [5, 5.41) is 0. The molecule has 1 aliphatic rings. The number of ether oxygens (including phenoxy) is 3. The maximum atomic E-state index is 12.5. The van der Waals surface area contributed by atoms with Crippen LogP contribution in [0.15, 0.2) is 48.5 Å². The molecule has 0 saturated carbocycles. The number of anilines is 1. The van der Waals surface area contributed by atoms with Gasteiger partial charge in [0, 0.05) is 17.9 Å². The van der Waals surface area contributed by atoms with Crippen molar-refractivity contribution < 1.29 is 32.2 Å². The minimum absolute atomic E-state index is 0.104. The summed E-state index contributed by atoms with van der Waals surface area (Å²) in [5.41, 5.74) is 0.944. The van der Waals surface area contributed by atoms with Gasteiger partial charge in [-0.1, -0.05) is 0 Å². The summed E-state index contributed by atoms with van der Waals surface area (Å²) in [5.74, 6) is -0.392. The van der Waals surface area contributed by atoms with Crippen molar-refractivity contribution in [3.05, 3.63) is 59.7 Å². The maximum absolute atomic E-state index is 12.5. The molecule has 1 aliphatic heterocycles. The number of rotatable bonds is 9. The summed E-state index contributed by atoms with van der Waals surface area (Å²) in [4.78, 5) is 24.9. The Morgan fingerprint density at radius 3 is 2.32 bits per heavy atom. The van der Waals surface area contributed by atoms with Crippen LogP contribution in [0, 0.1) is 0 Å².